The minimum Gasteiger partial charge on any atom is -0.368 e. The highest BCUT2D eigenvalue weighted by molar-refractivity contribution is 5.86. The summed E-state index contributed by atoms with van der Waals surface area (Å²) in [5.41, 5.74) is 1.55. The Balaban J connectivity index is 1.83. The van der Waals surface area contributed by atoms with Gasteiger partial charge in [0.1, 0.15) is 5.82 Å². The van der Waals surface area contributed by atoms with Gasteiger partial charge in [-0.3, -0.25) is 0 Å². The van der Waals surface area contributed by atoms with Crippen molar-refractivity contribution in [2.45, 2.75) is 18.9 Å². The number of nitriles is 1. The second-order valence-corrected chi connectivity index (χ2v) is 5.34. The molecule has 1 aromatic heterocycles. The van der Waals surface area contributed by atoms with E-state index < -0.39 is 0 Å². The smallest absolute Gasteiger partial charge is 0.128 e. The Bertz CT molecular complexity index is 659. The van der Waals surface area contributed by atoms with Crippen LogP contribution in [0, 0.1) is 11.3 Å². The zero-order valence-corrected chi connectivity index (χ0v) is 11.6. The number of anilines is 1. The molecule has 0 spiro atoms. The van der Waals surface area contributed by atoms with Gasteiger partial charge in [-0.25, -0.2) is 4.98 Å². The summed E-state index contributed by atoms with van der Waals surface area (Å²) in [6, 6.07) is 12.4. The first-order chi connectivity index (χ1) is 9.78. The summed E-state index contributed by atoms with van der Waals surface area (Å²) < 4.78 is 0. The van der Waals surface area contributed by atoms with Crippen LogP contribution in [0.3, 0.4) is 0 Å². The number of fused-ring (bicyclic) bond motifs is 1. The Morgan fingerprint density at radius 2 is 2.30 bits per heavy atom. The van der Waals surface area contributed by atoms with E-state index in [2.05, 4.69) is 28.3 Å². The zero-order chi connectivity index (χ0) is 13.9. The molecule has 20 heavy (non-hydrogen) atoms. The van der Waals surface area contributed by atoms with Crippen LogP contribution in [0.2, 0.25) is 0 Å². The predicted octanol–water partition coefficient (Wildman–Crippen LogP) is 2.61. The van der Waals surface area contributed by atoms with E-state index in [1.807, 2.05) is 30.3 Å². The van der Waals surface area contributed by atoms with Gasteiger partial charge in [0.25, 0.3) is 0 Å². The van der Waals surface area contributed by atoms with Crippen LogP contribution in [0.5, 0.6) is 0 Å². The van der Waals surface area contributed by atoms with Crippen LogP contribution < -0.4 is 5.32 Å². The van der Waals surface area contributed by atoms with E-state index >= 15 is 0 Å². The standard InChI is InChI=1S/C16H18N4/c1-20-8-4-5-13(20)11-18-16-9-12(10-17)14-6-2-3-7-15(14)19-16/h2-3,6-7,9,13H,4-5,8,11H2,1H3,(H,18,19). The van der Waals surface area contributed by atoms with Gasteiger partial charge in [0, 0.05) is 18.0 Å². The number of hydrogen-bond donors (Lipinski definition) is 1. The molecule has 1 fully saturated rings. The van der Waals surface area contributed by atoms with Gasteiger partial charge in [-0.15, -0.1) is 0 Å². The fourth-order valence-corrected chi connectivity index (χ4v) is 2.82. The van der Waals surface area contributed by atoms with Crippen molar-refractivity contribution in [1.82, 2.24) is 9.88 Å². The van der Waals surface area contributed by atoms with Crippen molar-refractivity contribution in [1.29, 1.82) is 5.26 Å². The third-order valence-corrected chi connectivity index (χ3v) is 4.03. The van der Waals surface area contributed by atoms with E-state index in [1.165, 1.54) is 19.4 Å². The van der Waals surface area contributed by atoms with Crippen molar-refractivity contribution < 1.29 is 0 Å². The van der Waals surface area contributed by atoms with Crippen LogP contribution in [0.25, 0.3) is 10.9 Å². The highest BCUT2D eigenvalue weighted by Crippen LogP contribution is 2.21. The first-order valence-corrected chi connectivity index (χ1v) is 7.02. The summed E-state index contributed by atoms with van der Waals surface area (Å²) in [5.74, 6) is 0.792. The van der Waals surface area contributed by atoms with Gasteiger partial charge in [0.05, 0.1) is 17.1 Å². The lowest BCUT2D eigenvalue weighted by Crippen LogP contribution is -2.31. The molecule has 1 aliphatic heterocycles. The number of aromatic nitrogens is 1. The second-order valence-electron chi connectivity index (χ2n) is 5.34. The van der Waals surface area contributed by atoms with Crippen molar-refractivity contribution >= 4 is 16.7 Å². The van der Waals surface area contributed by atoms with Crippen LogP contribution in [0.15, 0.2) is 30.3 Å². The average Bonchev–Trinajstić information content (AvgIpc) is 2.89. The van der Waals surface area contributed by atoms with Crippen molar-refractivity contribution in [2.24, 2.45) is 0 Å². The minimum absolute atomic E-state index is 0.564. The third-order valence-electron chi connectivity index (χ3n) is 4.03. The van der Waals surface area contributed by atoms with Crippen LogP contribution in [0.1, 0.15) is 18.4 Å². The lowest BCUT2D eigenvalue weighted by atomic mass is 10.1. The van der Waals surface area contributed by atoms with E-state index in [0.29, 0.717) is 11.6 Å². The molecule has 0 amide bonds. The van der Waals surface area contributed by atoms with Gasteiger partial charge >= 0.3 is 0 Å². The Morgan fingerprint density at radius 3 is 3.05 bits per heavy atom. The molecule has 1 aromatic carbocycles. The van der Waals surface area contributed by atoms with Crippen LogP contribution in [-0.2, 0) is 0 Å². The van der Waals surface area contributed by atoms with E-state index in [-0.39, 0.29) is 0 Å². The molecule has 0 radical (unpaired) electrons. The lowest BCUT2D eigenvalue weighted by molar-refractivity contribution is 0.322. The molecule has 0 bridgehead atoms. The highest BCUT2D eigenvalue weighted by Gasteiger charge is 2.20. The molecule has 4 nitrogen and oxygen atoms in total. The number of hydrogen-bond acceptors (Lipinski definition) is 4. The number of rotatable bonds is 3. The first kappa shape index (κ1) is 12.9. The van der Waals surface area contributed by atoms with Gasteiger partial charge in [-0.05, 0) is 38.6 Å². The molecule has 3 rings (SSSR count). The minimum atomic E-state index is 0.564. The Labute approximate surface area is 119 Å². The van der Waals surface area contributed by atoms with E-state index in [9.17, 15) is 5.26 Å². The molecule has 1 atom stereocenters. The van der Waals surface area contributed by atoms with Crippen LogP contribution >= 0.6 is 0 Å². The Morgan fingerprint density at radius 1 is 1.45 bits per heavy atom. The monoisotopic (exact) mass is 266 g/mol. The number of nitrogens with one attached hydrogen (secondary N) is 1. The van der Waals surface area contributed by atoms with E-state index in [4.69, 9.17) is 0 Å². The molecule has 0 aliphatic carbocycles. The summed E-state index contributed by atoms with van der Waals surface area (Å²) in [5, 5.41) is 13.6. The predicted molar refractivity (Wildman–Crippen MR) is 80.6 cm³/mol. The molecule has 1 saturated heterocycles. The molecule has 1 N–H and O–H groups in total. The van der Waals surface area contributed by atoms with Crippen LogP contribution in [-0.4, -0.2) is 36.1 Å². The first-order valence-electron chi connectivity index (χ1n) is 7.02. The van der Waals surface area contributed by atoms with Crippen molar-refractivity contribution in [2.75, 3.05) is 25.5 Å². The summed E-state index contributed by atoms with van der Waals surface area (Å²) in [7, 11) is 2.16. The molecule has 0 saturated carbocycles. The Hall–Kier alpha value is -2.12. The average molecular weight is 266 g/mol. The van der Waals surface area contributed by atoms with E-state index in [0.717, 1.165) is 23.3 Å². The molecule has 2 heterocycles. The number of para-hydroxylation sites is 1. The van der Waals surface area contributed by atoms with Gasteiger partial charge in [0.2, 0.25) is 0 Å². The second kappa shape index (κ2) is 5.48. The van der Waals surface area contributed by atoms with Crippen molar-refractivity contribution in [3.05, 3.63) is 35.9 Å². The summed E-state index contributed by atoms with van der Waals surface area (Å²) in [6.45, 7) is 2.05. The normalized spacial score (nSPS) is 19.1. The molecule has 2 aromatic rings. The number of likely N-dealkylation sites (N-methyl/N-ethyl adjacent to an activating group) is 1. The zero-order valence-electron chi connectivity index (χ0n) is 11.6. The maximum absolute atomic E-state index is 9.27. The molecule has 102 valence electrons. The summed E-state index contributed by atoms with van der Waals surface area (Å²) in [4.78, 5) is 6.96. The molecular formula is C16H18N4. The largest absolute Gasteiger partial charge is 0.368 e. The maximum atomic E-state index is 9.27. The highest BCUT2D eigenvalue weighted by atomic mass is 15.2. The molecule has 1 aliphatic rings. The quantitative estimate of drug-likeness (QED) is 0.927. The van der Waals surface area contributed by atoms with Gasteiger partial charge in [-0.2, -0.15) is 5.26 Å². The third kappa shape index (κ3) is 2.45. The topological polar surface area (TPSA) is 52.0 Å². The number of benzene rings is 1. The SMILES string of the molecule is CN1CCCC1CNc1cc(C#N)c2ccccc2n1. The van der Waals surface area contributed by atoms with Crippen LogP contribution in [0.4, 0.5) is 5.82 Å². The van der Waals surface area contributed by atoms with Gasteiger partial charge in [-0.1, -0.05) is 18.2 Å². The fraction of sp³-hybridized carbons (Fsp3) is 0.375. The number of nitrogens with zero attached hydrogens (tertiary/aromatic N) is 3. The lowest BCUT2D eigenvalue weighted by Gasteiger charge is -2.20. The summed E-state index contributed by atoms with van der Waals surface area (Å²) >= 11 is 0. The van der Waals surface area contributed by atoms with E-state index in [1.54, 1.807) is 0 Å². The summed E-state index contributed by atoms with van der Waals surface area (Å²) in [6.07, 6.45) is 2.49. The van der Waals surface area contributed by atoms with Crippen molar-refractivity contribution in [3.63, 3.8) is 0 Å². The Kier molecular flexibility index (Phi) is 3.53. The molecule has 1 unspecified atom stereocenters. The molecular weight excluding hydrogens is 248 g/mol. The molecule has 4 heteroatoms. The fourth-order valence-electron chi connectivity index (χ4n) is 2.82. The van der Waals surface area contributed by atoms with Gasteiger partial charge in [0.15, 0.2) is 0 Å². The number of pyridine rings is 1. The van der Waals surface area contributed by atoms with Gasteiger partial charge < -0.3 is 10.2 Å². The maximum Gasteiger partial charge on any atom is 0.128 e. The number of likely N-dealkylation sites (tertiary alicyclic amines) is 1. The van der Waals surface area contributed by atoms with Crippen molar-refractivity contribution in [3.8, 4) is 6.07 Å².